The van der Waals surface area contributed by atoms with Crippen molar-refractivity contribution in [1.29, 1.82) is 0 Å². The molecule has 7 nitrogen and oxygen atoms in total. The van der Waals surface area contributed by atoms with Gasteiger partial charge in [-0.25, -0.2) is 0 Å². The summed E-state index contributed by atoms with van der Waals surface area (Å²) in [7, 11) is 0.153. The van der Waals surface area contributed by atoms with Gasteiger partial charge in [0.15, 0.2) is 0 Å². The molecule has 1 unspecified atom stereocenters. The predicted octanol–water partition coefficient (Wildman–Crippen LogP) is 1.34. The summed E-state index contributed by atoms with van der Waals surface area (Å²) in [5.74, 6) is 1.18. The summed E-state index contributed by atoms with van der Waals surface area (Å²) in [6, 6.07) is 6.85. The van der Waals surface area contributed by atoms with Gasteiger partial charge in [-0.2, -0.15) is 8.42 Å². The third-order valence-electron chi connectivity index (χ3n) is 4.99. The molecule has 1 amide bonds. The Morgan fingerprint density at radius 1 is 1.37 bits per heavy atom. The van der Waals surface area contributed by atoms with Crippen LogP contribution in [0.4, 0.5) is 0 Å². The van der Waals surface area contributed by atoms with Gasteiger partial charge in [0.05, 0.1) is 0 Å². The van der Waals surface area contributed by atoms with Gasteiger partial charge in [0, 0.05) is 38.7 Å². The largest absolute Gasteiger partial charge is 0.358 e. The first-order valence-corrected chi connectivity index (χ1v) is 10.4. The Labute approximate surface area is 167 Å². The average molecular weight is 415 g/mol. The zero-order valence-electron chi connectivity index (χ0n) is 15.7. The van der Waals surface area contributed by atoms with E-state index in [0.29, 0.717) is 36.7 Å². The number of carbonyl (C=O) groups excluding carboxylic acids is 1. The van der Waals surface area contributed by atoms with Gasteiger partial charge in [-0.05, 0) is 44.5 Å². The lowest BCUT2D eigenvalue weighted by molar-refractivity contribution is -0.130. The summed E-state index contributed by atoms with van der Waals surface area (Å²) in [5.41, 5.74) is 0.635. The lowest BCUT2D eigenvalue weighted by Gasteiger charge is -2.20. The number of rotatable bonds is 6. The molecule has 3 rings (SSSR count). The Morgan fingerprint density at radius 3 is 2.85 bits per heavy atom. The van der Waals surface area contributed by atoms with Gasteiger partial charge in [0.2, 0.25) is 5.91 Å². The highest BCUT2D eigenvalue weighted by Gasteiger charge is 2.30. The Balaban J connectivity index is 0.00000261. The van der Waals surface area contributed by atoms with E-state index in [0.717, 1.165) is 26.1 Å². The number of fused-ring (bicyclic) bond motifs is 1. The molecule has 0 radical (unpaired) electrons. The maximum atomic E-state index is 12.4. The minimum Gasteiger partial charge on any atom is -0.358 e. The van der Waals surface area contributed by atoms with Crippen molar-refractivity contribution in [2.24, 2.45) is 10.3 Å². The minimum absolute atomic E-state index is 0. The molecule has 0 spiro atoms. The normalized spacial score (nSPS) is 20.0. The van der Waals surface area contributed by atoms with Crippen molar-refractivity contribution < 1.29 is 13.2 Å². The van der Waals surface area contributed by atoms with E-state index in [-0.39, 0.29) is 23.2 Å². The standard InChI is InChI=1S/C18H26N4O3S.ClH/c1-19-12-14-9-11-22(13-14)17(23)8-5-10-21(2)18-15-6-3-4-7-16(15)26(24,25)20-18;/h3-4,6-7,14,19H,5,8-13H2,1-2H3;1H. The summed E-state index contributed by atoms with van der Waals surface area (Å²) in [6.45, 7) is 3.19. The maximum absolute atomic E-state index is 12.4. The summed E-state index contributed by atoms with van der Waals surface area (Å²) >= 11 is 0. The molecule has 9 heteroatoms. The van der Waals surface area contributed by atoms with Crippen LogP contribution in [0.3, 0.4) is 0 Å². The first-order chi connectivity index (χ1) is 12.4. The smallest absolute Gasteiger partial charge is 0.285 e. The van der Waals surface area contributed by atoms with Gasteiger partial charge in [-0.3, -0.25) is 4.79 Å². The first kappa shape index (κ1) is 21.7. The number of amides is 1. The number of hydrogen-bond donors (Lipinski definition) is 1. The molecular weight excluding hydrogens is 388 g/mol. The van der Waals surface area contributed by atoms with E-state index in [1.54, 1.807) is 18.2 Å². The SMILES string of the molecule is CNCC1CCN(C(=O)CCCN(C)C2=NS(=O)(=O)c3ccccc32)C1.Cl. The van der Waals surface area contributed by atoms with E-state index in [9.17, 15) is 13.2 Å². The van der Waals surface area contributed by atoms with E-state index in [2.05, 4.69) is 9.71 Å². The van der Waals surface area contributed by atoms with Crippen LogP contribution in [-0.2, 0) is 14.8 Å². The van der Waals surface area contributed by atoms with Gasteiger partial charge in [0.1, 0.15) is 10.7 Å². The number of nitrogens with one attached hydrogen (secondary N) is 1. The van der Waals surface area contributed by atoms with Crippen LogP contribution in [0.25, 0.3) is 0 Å². The molecule has 0 saturated carbocycles. The Kier molecular flexibility index (Phi) is 7.25. The molecule has 1 N–H and O–H groups in total. The number of carbonyl (C=O) groups is 1. The van der Waals surface area contributed by atoms with Crippen LogP contribution in [0.1, 0.15) is 24.8 Å². The molecule has 1 fully saturated rings. The minimum atomic E-state index is -3.60. The van der Waals surface area contributed by atoms with Crippen molar-refractivity contribution in [1.82, 2.24) is 15.1 Å². The van der Waals surface area contributed by atoms with Gasteiger partial charge in [-0.15, -0.1) is 16.8 Å². The van der Waals surface area contributed by atoms with Crippen molar-refractivity contribution in [2.45, 2.75) is 24.2 Å². The molecule has 2 aliphatic rings. The van der Waals surface area contributed by atoms with E-state index in [1.807, 2.05) is 30.0 Å². The number of hydrogen-bond acceptors (Lipinski definition) is 5. The summed E-state index contributed by atoms with van der Waals surface area (Å²) < 4.78 is 28.2. The summed E-state index contributed by atoms with van der Waals surface area (Å²) in [6.07, 6.45) is 2.19. The van der Waals surface area contributed by atoms with Crippen LogP contribution in [-0.4, -0.2) is 70.2 Å². The van der Waals surface area contributed by atoms with E-state index < -0.39 is 10.0 Å². The number of nitrogens with zero attached hydrogens (tertiary/aromatic N) is 3. The van der Waals surface area contributed by atoms with Gasteiger partial charge in [0.25, 0.3) is 10.0 Å². The molecule has 0 aliphatic carbocycles. The van der Waals surface area contributed by atoms with Crippen molar-refractivity contribution in [3.05, 3.63) is 29.8 Å². The third-order valence-corrected chi connectivity index (χ3v) is 6.31. The van der Waals surface area contributed by atoms with E-state index in [4.69, 9.17) is 0 Å². The van der Waals surface area contributed by atoms with Crippen molar-refractivity contribution in [3.63, 3.8) is 0 Å². The predicted molar refractivity (Wildman–Crippen MR) is 108 cm³/mol. The molecule has 150 valence electrons. The molecule has 1 aromatic carbocycles. The van der Waals surface area contributed by atoms with Crippen LogP contribution >= 0.6 is 12.4 Å². The van der Waals surface area contributed by atoms with Crippen LogP contribution < -0.4 is 5.32 Å². The molecular formula is C18H27ClN4O3S. The lowest BCUT2D eigenvalue weighted by atomic mass is 10.1. The number of likely N-dealkylation sites (tertiary alicyclic amines) is 1. The number of halogens is 1. The fourth-order valence-electron chi connectivity index (χ4n) is 3.61. The summed E-state index contributed by atoms with van der Waals surface area (Å²) in [4.78, 5) is 16.4. The number of amidine groups is 1. The van der Waals surface area contributed by atoms with Crippen LogP contribution in [0.5, 0.6) is 0 Å². The van der Waals surface area contributed by atoms with E-state index in [1.165, 1.54) is 0 Å². The van der Waals surface area contributed by atoms with E-state index >= 15 is 0 Å². The van der Waals surface area contributed by atoms with Crippen LogP contribution in [0, 0.1) is 5.92 Å². The van der Waals surface area contributed by atoms with Crippen molar-refractivity contribution in [3.8, 4) is 0 Å². The molecule has 27 heavy (non-hydrogen) atoms. The zero-order chi connectivity index (χ0) is 18.7. The van der Waals surface area contributed by atoms with Gasteiger partial charge < -0.3 is 15.1 Å². The second-order valence-electron chi connectivity index (χ2n) is 6.96. The van der Waals surface area contributed by atoms with Crippen molar-refractivity contribution in [2.75, 3.05) is 40.3 Å². The second-order valence-corrected chi connectivity index (χ2v) is 8.54. The lowest BCUT2D eigenvalue weighted by Crippen LogP contribution is -2.32. The van der Waals surface area contributed by atoms with Gasteiger partial charge >= 0.3 is 0 Å². The Morgan fingerprint density at radius 2 is 2.11 bits per heavy atom. The highest BCUT2D eigenvalue weighted by Crippen LogP contribution is 2.27. The molecule has 0 aromatic heterocycles. The Bertz CT molecular complexity index is 813. The maximum Gasteiger partial charge on any atom is 0.285 e. The highest BCUT2D eigenvalue weighted by atomic mass is 35.5. The molecule has 1 aromatic rings. The van der Waals surface area contributed by atoms with Crippen LogP contribution in [0.2, 0.25) is 0 Å². The fourth-order valence-corrected chi connectivity index (χ4v) is 4.86. The monoisotopic (exact) mass is 414 g/mol. The third kappa shape index (κ3) is 4.80. The zero-order valence-corrected chi connectivity index (χ0v) is 17.4. The summed E-state index contributed by atoms with van der Waals surface area (Å²) in [5, 5.41) is 3.17. The molecule has 2 heterocycles. The average Bonchev–Trinajstić information content (AvgIpc) is 3.18. The molecule has 2 aliphatic heterocycles. The topological polar surface area (TPSA) is 82.1 Å². The fraction of sp³-hybridized carbons (Fsp3) is 0.556. The van der Waals surface area contributed by atoms with Crippen LogP contribution in [0.15, 0.2) is 33.6 Å². The molecule has 1 saturated heterocycles. The van der Waals surface area contributed by atoms with Gasteiger partial charge in [-0.1, -0.05) is 12.1 Å². The number of benzene rings is 1. The number of sulfonamides is 1. The first-order valence-electron chi connectivity index (χ1n) is 9.00. The molecule has 1 atom stereocenters. The molecule has 0 bridgehead atoms. The van der Waals surface area contributed by atoms with Crippen molar-refractivity contribution >= 4 is 34.2 Å². The quantitative estimate of drug-likeness (QED) is 0.759. The Hall–Kier alpha value is -1.64. The highest BCUT2D eigenvalue weighted by molar-refractivity contribution is 7.90. The second kappa shape index (κ2) is 9.03.